The predicted octanol–water partition coefficient (Wildman–Crippen LogP) is 2.21. The van der Waals surface area contributed by atoms with E-state index in [4.69, 9.17) is 0 Å². The van der Waals surface area contributed by atoms with Crippen LogP contribution >= 0.6 is 0 Å². The van der Waals surface area contributed by atoms with Crippen molar-refractivity contribution in [3.05, 3.63) is 23.9 Å². The van der Waals surface area contributed by atoms with Crippen LogP contribution in [0.3, 0.4) is 0 Å². The topological polar surface area (TPSA) is 45.2 Å². The van der Waals surface area contributed by atoms with Gasteiger partial charge in [-0.15, -0.1) is 0 Å². The Morgan fingerprint density at radius 3 is 2.81 bits per heavy atom. The molecular weight excluding hydrogens is 283 g/mol. The third-order valence-corrected chi connectivity index (χ3v) is 4.34. The van der Waals surface area contributed by atoms with Gasteiger partial charge in [0.1, 0.15) is 5.82 Å². The van der Waals surface area contributed by atoms with Gasteiger partial charge in [0.2, 0.25) is 5.91 Å². The molecule has 4 nitrogen and oxygen atoms in total. The van der Waals surface area contributed by atoms with Crippen molar-refractivity contribution in [2.24, 2.45) is 5.41 Å². The lowest BCUT2D eigenvalue weighted by Crippen LogP contribution is -2.47. The summed E-state index contributed by atoms with van der Waals surface area (Å²) in [7, 11) is 0. The van der Waals surface area contributed by atoms with Gasteiger partial charge in [-0.2, -0.15) is 13.2 Å². The van der Waals surface area contributed by atoms with Crippen LogP contribution in [0.25, 0.3) is 0 Å². The molecule has 7 heteroatoms. The van der Waals surface area contributed by atoms with Crippen LogP contribution in [0.2, 0.25) is 0 Å². The second-order valence-corrected chi connectivity index (χ2v) is 5.71. The van der Waals surface area contributed by atoms with Crippen LogP contribution < -0.4 is 10.2 Å². The van der Waals surface area contributed by atoms with Crippen LogP contribution in [0.15, 0.2) is 18.3 Å². The lowest BCUT2D eigenvalue weighted by Gasteiger charge is -2.39. The number of piperidine rings is 1. The normalized spacial score (nSPS) is 26.2. The number of carbonyl (C=O) groups excluding carboxylic acids is 1. The van der Waals surface area contributed by atoms with Gasteiger partial charge in [-0.25, -0.2) is 4.98 Å². The Kier molecular flexibility index (Phi) is 3.30. The van der Waals surface area contributed by atoms with E-state index >= 15 is 0 Å². The largest absolute Gasteiger partial charge is 0.416 e. The summed E-state index contributed by atoms with van der Waals surface area (Å²) in [6, 6.07) is 2.03. The average molecular weight is 299 g/mol. The molecule has 1 unspecified atom stereocenters. The number of anilines is 1. The summed E-state index contributed by atoms with van der Waals surface area (Å²) in [4.78, 5) is 17.9. The highest BCUT2D eigenvalue weighted by Gasteiger charge is 2.45. The van der Waals surface area contributed by atoms with E-state index in [1.54, 1.807) is 4.90 Å². The summed E-state index contributed by atoms with van der Waals surface area (Å²) in [6.45, 7) is 1.71. The van der Waals surface area contributed by atoms with E-state index in [1.165, 1.54) is 6.20 Å². The number of halogens is 3. The summed E-state index contributed by atoms with van der Waals surface area (Å²) < 4.78 is 38.3. The highest BCUT2D eigenvalue weighted by Crippen LogP contribution is 2.38. The SMILES string of the molecule is O=C1NCCC12CCCN(c1cc(C(F)(F)F)ccn1)C2. The minimum absolute atomic E-state index is 0.0131. The van der Waals surface area contributed by atoms with Crippen molar-refractivity contribution >= 4 is 11.7 Å². The molecule has 0 radical (unpaired) electrons. The van der Waals surface area contributed by atoms with E-state index in [-0.39, 0.29) is 5.91 Å². The molecule has 2 aliphatic rings. The molecule has 0 aromatic carbocycles. The molecule has 0 aliphatic carbocycles. The number of hydrogen-bond donors (Lipinski definition) is 1. The van der Waals surface area contributed by atoms with E-state index in [2.05, 4.69) is 10.3 Å². The van der Waals surface area contributed by atoms with Gasteiger partial charge in [-0.3, -0.25) is 4.79 Å². The fraction of sp³-hybridized carbons (Fsp3) is 0.571. The number of nitrogens with zero attached hydrogens (tertiary/aromatic N) is 2. The van der Waals surface area contributed by atoms with Crippen molar-refractivity contribution in [2.75, 3.05) is 24.5 Å². The number of aromatic nitrogens is 1. The lowest BCUT2D eigenvalue weighted by atomic mass is 9.78. The van der Waals surface area contributed by atoms with Gasteiger partial charge in [0, 0.05) is 25.8 Å². The third-order valence-electron chi connectivity index (χ3n) is 4.34. The minimum atomic E-state index is -4.38. The van der Waals surface area contributed by atoms with Crippen molar-refractivity contribution < 1.29 is 18.0 Å². The standard InChI is InChI=1S/C14H16F3N3O/c15-14(16,17)10-2-5-18-11(8-10)20-7-1-3-13(9-20)4-6-19-12(13)21/h2,5,8H,1,3-4,6-7,9H2,(H,19,21). The molecule has 3 rings (SSSR count). The first-order valence-electron chi connectivity index (χ1n) is 6.97. The first-order valence-corrected chi connectivity index (χ1v) is 6.97. The van der Waals surface area contributed by atoms with Gasteiger partial charge in [-0.05, 0) is 31.4 Å². The number of carbonyl (C=O) groups is 1. The Morgan fingerprint density at radius 2 is 2.14 bits per heavy atom. The maximum absolute atomic E-state index is 12.8. The molecule has 21 heavy (non-hydrogen) atoms. The first-order chi connectivity index (χ1) is 9.91. The Morgan fingerprint density at radius 1 is 1.33 bits per heavy atom. The number of amides is 1. The van der Waals surface area contributed by atoms with Crippen LogP contribution in [0.5, 0.6) is 0 Å². The summed E-state index contributed by atoms with van der Waals surface area (Å²) in [5, 5.41) is 2.82. The van der Waals surface area contributed by atoms with Gasteiger partial charge in [0.15, 0.2) is 0 Å². The van der Waals surface area contributed by atoms with Gasteiger partial charge in [0.25, 0.3) is 0 Å². The van der Waals surface area contributed by atoms with Gasteiger partial charge < -0.3 is 10.2 Å². The van der Waals surface area contributed by atoms with Crippen molar-refractivity contribution in [1.29, 1.82) is 0 Å². The Labute approximate surface area is 120 Å². The van der Waals surface area contributed by atoms with Crippen molar-refractivity contribution in [3.63, 3.8) is 0 Å². The number of rotatable bonds is 1. The second-order valence-electron chi connectivity index (χ2n) is 5.71. The molecule has 2 aliphatic heterocycles. The zero-order chi connectivity index (χ0) is 15.1. The van der Waals surface area contributed by atoms with E-state index in [0.717, 1.165) is 31.4 Å². The van der Waals surface area contributed by atoms with Crippen molar-refractivity contribution in [3.8, 4) is 0 Å². The Balaban J connectivity index is 1.85. The van der Waals surface area contributed by atoms with Crippen LogP contribution in [0, 0.1) is 5.41 Å². The molecule has 2 fully saturated rings. The molecule has 1 spiro atoms. The monoisotopic (exact) mass is 299 g/mol. The minimum Gasteiger partial charge on any atom is -0.356 e. The summed E-state index contributed by atoms with van der Waals surface area (Å²) in [5.41, 5.74) is -1.17. The summed E-state index contributed by atoms with van der Waals surface area (Å²) >= 11 is 0. The average Bonchev–Trinajstić information content (AvgIpc) is 2.79. The Bertz CT molecular complexity index is 561. The number of nitrogens with one attached hydrogen (secondary N) is 1. The van der Waals surface area contributed by atoms with Crippen LogP contribution in [0.4, 0.5) is 19.0 Å². The zero-order valence-corrected chi connectivity index (χ0v) is 11.4. The Hall–Kier alpha value is -1.79. The lowest BCUT2D eigenvalue weighted by molar-refractivity contribution is -0.137. The van der Waals surface area contributed by atoms with Crippen LogP contribution in [-0.2, 0) is 11.0 Å². The van der Waals surface area contributed by atoms with E-state index in [0.29, 0.717) is 25.5 Å². The quantitative estimate of drug-likeness (QED) is 0.865. The van der Waals surface area contributed by atoms with Crippen molar-refractivity contribution in [1.82, 2.24) is 10.3 Å². The molecule has 0 saturated carbocycles. The molecule has 1 N–H and O–H groups in total. The van der Waals surface area contributed by atoms with Crippen LogP contribution in [0.1, 0.15) is 24.8 Å². The molecule has 1 atom stereocenters. The molecule has 0 bridgehead atoms. The number of pyridine rings is 1. The van der Waals surface area contributed by atoms with Gasteiger partial charge in [0.05, 0.1) is 11.0 Å². The second kappa shape index (κ2) is 4.89. The molecular formula is C14H16F3N3O. The predicted molar refractivity (Wildman–Crippen MR) is 70.7 cm³/mol. The van der Waals surface area contributed by atoms with Gasteiger partial charge >= 0.3 is 6.18 Å². The van der Waals surface area contributed by atoms with Gasteiger partial charge in [-0.1, -0.05) is 0 Å². The molecule has 114 valence electrons. The maximum Gasteiger partial charge on any atom is 0.416 e. The highest BCUT2D eigenvalue weighted by atomic mass is 19.4. The van der Waals surface area contributed by atoms with E-state index in [9.17, 15) is 18.0 Å². The fourth-order valence-corrected chi connectivity index (χ4v) is 3.20. The molecule has 2 saturated heterocycles. The number of hydrogen-bond acceptors (Lipinski definition) is 3. The number of alkyl halides is 3. The molecule has 3 heterocycles. The summed E-state index contributed by atoms with van der Waals surface area (Å²) in [5.74, 6) is 0.308. The first kappa shape index (κ1) is 14.2. The van der Waals surface area contributed by atoms with E-state index in [1.807, 2.05) is 0 Å². The summed E-state index contributed by atoms with van der Waals surface area (Å²) in [6.07, 6.45) is -0.898. The zero-order valence-electron chi connectivity index (χ0n) is 11.4. The van der Waals surface area contributed by atoms with E-state index < -0.39 is 17.2 Å². The molecule has 1 aromatic heterocycles. The van der Waals surface area contributed by atoms with Crippen LogP contribution in [-0.4, -0.2) is 30.5 Å². The maximum atomic E-state index is 12.8. The smallest absolute Gasteiger partial charge is 0.356 e. The third kappa shape index (κ3) is 2.56. The molecule has 1 amide bonds. The highest BCUT2D eigenvalue weighted by molar-refractivity contribution is 5.85. The molecule has 1 aromatic rings. The van der Waals surface area contributed by atoms with Crippen molar-refractivity contribution in [2.45, 2.75) is 25.4 Å². The fourth-order valence-electron chi connectivity index (χ4n) is 3.20.